The Labute approximate surface area is 148 Å². The molecule has 7 nitrogen and oxygen atoms in total. The number of carbonyl (C=O) groups excluding carboxylic acids is 1. The summed E-state index contributed by atoms with van der Waals surface area (Å²) in [5.74, 6) is 1.24. The molecule has 2 heterocycles. The summed E-state index contributed by atoms with van der Waals surface area (Å²) in [6, 6.07) is 1.32. The SMILES string of the molecule is O=C(NC1CCCCC1)N1CCC(Nc2nnc(C3CCC3)o2)CC1. The number of nitrogens with zero attached hydrogens (tertiary/aromatic N) is 3. The molecule has 4 rings (SSSR count). The third kappa shape index (κ3) is 4.07. The van der Waals surface area contributed by atoms with Crippen LogP contribution in [0.1, 0.15) is 76.0 Å². The van der Waals surface area contributed by atoms with Gasteiger partial charge in [0, 0.05) is 31.1 Å². The maximum absolute atomic E-state index is 12.4. The van der Waals surface area contributed by atoms with Crippen molar-refractivity contribution in [2.45, 2.75) is 82.2 Å². The number of anilines is 1. The van der Waals surface area contributed by atoms with E-state index in [9.17, 15) is 4.79 Å². The Balaban J connectivity index is 1.21. The number of hydrogen-bond acceptors (Lipinski definition) is 5. The van der Waals surface area contributed by atoms with Gasteiger partial charge in [-0.2, -0.15) is 0 Å². The standard InChI is InChI=1S/C18H29N5O2/c24-18(20-14-7-2-1-3-8-14)23-11-9-15(10-12-23)19-17-22-21-16(25-17)13-5-4-6-13/h13-15H,1-12H2,(H,19,22)(H,20,24). The average molecular weight is 347 g/mol. The van der Waals surface area contributed by atoms with Crippen LogP contribution < -0.4 is 10.6 Å². The largest absolute Gasteiger partial charge is 0.408 e. The second-order valence-corrected chi connectivity index (χ2v) is 7.76. The maximum Gasteiger partial charge on any atom is 0.317 e. The summed E-state index contributed by atoms with van der Waals surface area (Å²) in [5, 5.41) is 14.8. The zero-order chi connectivity index (χ0) is 17.1. The fourth-order valence-electron chi connectivity index (χ4n) is 4.03. The lowest BCUT2D eigenvalue weighted by molar-refractivity contribution is 0.176. The topological polar surface area (TPSA) is 83.3 Å². The van der Waals surface area contributed by atoms with Crippen molar-refractivity contribution in [1.82, 2.24) is 20.4 Å². The first-order valence-electron chi connectivity index (χ1n) is 9.93. The van der Waals surface area contributed by atoms with Gasteiger partial charge in [-0.1, -0.05) is 30.8 Å². The van der Waals surface area contributed by atoms with E-state index < -0.39 is 0 Å². The van der Waals surface area contributed by atoms with Crippen LogP contribution in [-0.2, 0) is 0 Å². The predicted molar refractivity (Wildman–Crippen MR) is 94.5 cm³/mol. The van der Waals surface area contributed by atoms with Crippen LogP contribution in [-0.4, -0.2) is 46.3 Å². The molecule has 2 saturated carbocycles. The van der Waals surface area contributed by atoms with E-state index in [0.717, 1.165) is 57.5 Å². The molecule has 7 heteroatoms. The van der Waals surface area contributed by atoms with Gasteiger partial charge >= 0.3 is 12.0 Å². The van der Waals surface area contributed by atoms with E-state index in [0.29, 0.717) is 24.0 Å². The highest BCUT2D eigenvalue weighted by Gasteiger charge is 2.28. The van der Waals surface area contributed by atoms with Gasteiger partial charge in [0.2, 0.25) is 5.89 Å². The van der Waals surface area contributed by atoms with E-state index in [-0.39, 0.29) is 6.03 Å². The molecule has 2 aliphatic carbocycles. The maximum atomic E-state index is 12.4. The Hall–Kier alpha value is -1.79. The van der Waals surface area contributed by atoms with Crippen LogP contribution in [0, 0.1) is 0 Å². The van der Waals surface area contributed by atoms with Crippen LogP contribution in [0.4, 0.5) is 10.8 Å². The highest BCUT2D eigenvalue weighted by Crippen LogP contribution is 2.36. The molecule has 1 saturated heterocycles. The molecule has 3 fully saturated rings. The molecular weight excluding hydrogens is 318 g/mol. The van der Waals surface area contributed by atoms with Crippen LogP contribution in [0.5, 0.6) is 0 Å². The first-order chi connectivity index (χ1) is 12.3. The highest BCUT2D eigenvalue weighted by atomic mass is 16.4. The van der Waals surface area contributed by atoms with Crippen LogP contribution in [0.25, 0.3) is 0 Å². The predicted octanol–water partition coefficient (Wildman–Crippen LogP) is 3.26. The number of urea groups is 1. The van der Waals surface area contributed by atoms with Gasteiger partial charge in [0.25, 0.3) is 0 Å². The Kier molecular flexibility index (Phi) is 5.08. The fourth-order valence-corrected chi connectivity index (χ4v) is 4.03. The Morgan fingerprint density at radius 1 is 0.920 bits per heavy atom. The molecule has 138 valence electrons. The van der Waals surface area contributed by atoms with Gasteiger partial charge in [0.15, 0.2) is 0 Å². The van der Waals surface area contributed by atoms with Gasteiger partial charge in [-0.3, -0.25) is 0 Å². The van der Waals surface area contributed by atoms with E-state index in [4.69, 9.17) is 4.42 Å². The summed E-state index contributed by atoms with van der Waals surface area (Å²) in [6.45, 7) is 1.56. The summed E-state index contributed by atoms with van der Waals surface area (Å²) in [4.78, 5) is 14.3. The third-order valence-corrected chi connectivity index (χ3v) is 5.94. The molecule has 3 aliphatic rings. The first kappa shape index (κ1) is 16.7. The van der Waals surface area contributed by atoms with Crippen molar-refractivity contribution in [3.05, 3.63) is 5.89 Å². The second-order valence-electron chi connectivity index (χ2n) is 7.76. The molecule has 1 aromatic heterocycles. The fraction of sp³-hybridized carbons (Fsp3) is 0.833. The minimum Gasteiger partial charge on any atom is -0.408 e. The van der Waals surface area contributed by atoms with Crippen molar-refractivity contribution in [3.63, 3.8) is 0 Å². The number of aromatic nitrogens is 2. The quantitative estimate of drug-likeness (QED) is 0.873. The van der Waals surface area contributed by atoms with Gasteiger partial charge in [-0.15, -0.1) is 5.10 Å². The molecule has 1 aliphatic heterocycles. The van der Waals surface area contributed by atoms with Crippen LogP contribution in [0.2, 0.25) is 0 Å². The van der Waals surface area contributed by atoms with Crippen molar-refractivity contribution in [1.29, 1.82) is 0 Å². The molecule has 0 radical (unpaired) electrons. The van der Waals surface area contributed by atoms with Gasteiger partial charge < -0.3 is 20.0 Å². The van der Waals surface area contributed by atoms with Crippen molar-refractivity contribution in [2.75, 3.05) is 18.4 Å². The molecule has 0 unspecified atom stereocenters. The number of likely N-dealkylation sites (tertiary alicyclic amines) is 1. The summed E-state index contributed by atoms with van der Waals surface area (Å²) in [5.41, 5.74) is 0. The van der Waals surface area contributed by atoms with Gasteiger partial charge in [0.05, 0.1) is 0 Å². The normalized spacial score (nSPS) is 23.3. The zero-order valence-electron chi connectivity index (χ0n) is 14.9. The molecule has 0 spiro atoms. The number of rotatable bonds is 4. The van der Waals surface area contributed by atoms with E-state index in [1.165, 1.54) is 25.7 Å². The molecular formula is C18H29N5O2. The van der Waals surface area contributed by atoms with E-state index in [1.54, 1.807) is 0 Å². The average Bonchev–Trinajstić information content (AvgIpc) is 3.02. The molecule has 2 N–H and O–H groups in total. The molecule has 0 atom stereocenters. The lowest BCUT2D eigenvalue weighted by Crippen LogP contribution is -2.49. The van der Waals surface area contributed by atoms with Gasteiger partial charge in [0.1, 0.15) is 0 Å². The first-order valence-corrected chi connectivity index (χ1v) is 9.93. The number of carbonyl (C=O) groups is 1. The highest BCUT2D eigenvalue weighted by molar-refractivity contribution is 5.74. The van der Waals surface area contributed by atoms with Gasteiger partial charge in [-0.05, 0) is 38.5 Å². The smallest absolute Gasteiger partial charge is 0.317 e. The number of nitrogens with one attached hydrogen (secondary N) is 2. The Morgan fingerprint density at radius 2 is 1.68 bits per heavy atom. The van der Waals surface area contributed by atoms with Crippen molar-refractivity contribution < 1.29 is 9.21 Å². The summed E-state index contributed by atoms with van der Waals surface area (Å²) >= 11 is 0. The lowest BCUT2D eigenvalue weighted by atomic mass is 9.85. The Bertz CT molecular complexity index is 572. The van der Waals surface area contributed by atoms with Crippen molar-refractivity contribution in [3.8, 4) is 0 Å². The van der Waals surface area contributed by atoms with Crippen molar-refractivity contribution >= 4 is 12.0 Å². The Morgan fingerprint density at radius 3 is 2.36 bits per heavy atom. The number of piperidine rings is 1. The molecule has 0 bridgehead atoms. The zero-order valence-corrected chi connectivity index (χ0v) is 14.9. The second kappa shape index (κ2) is 7.62. The number of hydrogen-bond donors (Lipinski definition) is 2. The van der Waals surface area contributed by atoms with E-state index in [2.05, 4.69) is 20.8 Å². The van der Waals surface area contributed by atoms with E-state index >= 15 is 0 Å². The molecule has 2 amide bonds. The minimum atomic E-state index is 0.107. The number of amides is 2. The molecule has 25 heavy (non-hydrogen) atoms. The van der Waals surface area contributed by atoms with Crippen LogP contribution in [0.15, 0.2) is 4.42 Å². The summed E-state index contributed by atoms with van der Waals surface area (Å²) in [6.07, 6.45) is 11.5. The van der Waals surface area contributed by atoms with Crippen LogP contribution in [0.3, 0.4) is 0 Å². The molecule has 1 aromatic rings. The van der Waals surface area contributed by atoms with Crippen molar-refractivity contribution in [2.24, 2.45) is 0 Å². The van der Waals surface area contributed by atoms with Crippen LogP contribution >= 0.6 is 0 Å². The minimum absolute atomic E-state index is 0.107. The summed E-state index contributed by atoms with van der Waals surface area (Å²) in [7, 11) is 0. The van der Waals surface area contributed by atoms with E-state index in [1.807, 2.05) is 4.90 Å². The van der Waals surface area contributed by atoms with Gasteiger partial charge in [-0.25, -0.2) is 4.79 Å². The third-order valence-electron chi connectivity index (χ3n) is 5.94. The monoisotopic (exact) mass is 347 g/mol. The summed E-state index contributed by atoms with van der Waals surface area (Å²) < 4.78 is 5.74. The lowest BCUT2D eigenvalue weighted by Gasteiger charge is -2.34. The molecule has 0 aromatic carbocycles.